The molecule has 1 unspecified atom stereocenters. The summed E-state index contributed by atoms with van der Waals surface area (Å²) in [5.74, 6) is -0.574. The van der Waals surface area contributed by atoms with E-state index in [4.69, 9.17) is 9.52 Å². The third-order valence-corrected chi connectivity index (χ3v) is 3.30. The summed E-state index contributed by atoms with van der Waals surface area (Å²) in [6, 6.07) is 8.51. The van der Waals surface area contributed by atoms with Gasteiger partial charge in [-0.3, -0.25) is 9.59 Å². The molecule has 0 saturated carbocycles. The number of benzene rings is 1. The third kappa shape index (κ3) is 3.31. The number of rotatable bonds is 4. The molecular weight excluding hydrogens is 270 g/mol. The first kappa shape index (κ1) is 14.8. The Morgan fingerprint density at radius 2 is 1.95 bits per heavy atom. The minimum Gasteiger partial charge on any atom is -0.481 e. The Labute approximate surface area is 122 Å². The van der Waals surface area contributed by atoms with Crippen LogP contribution in [0.1, 0.15) is 40.3 Å². The number of aliphatic carboxylic acids is 1. The number of carboxylic acid groups (broad SMARTS) is 1. The molecule has 0 aliphatic carbocycles. The van der Waals surface area contributed by atoms with E-state index in [-0.39, 0.29) is 5.91 Å². The second kappa shape index (κ2) is 5.83. The van der Waals surface area contributed by atoms with E-state index < -0.39 is 11.9 Å². The Balaban J connectivity index is 2.20. The molecule has 1 aromatic carbocycles. The maximum Gasteiger partial charge on any atom is 0.310 e. The monoisotopic (exact) mass is 287 g/mol. The number of aryl methyl sites for hydroxylation is 2. The first-order valence-electron chi connectivity index (χ1n) is 6.59. The Kier molecular flexibility index (Phi) is 4.12. The molecule has 2 N–H and O–H groups in total. The van der Waals surface area contributed by atoms with Crippen molar-refractivity contribution in [3.63, 3.8) is 0 Å². The van der Waals surface area contributed by atoms with Gasteiger partial charge in [0.05, 0.1) is 11.5 Å². The Hall–Kier alpha value is -2.56. The zero-order valence-corrected chi connectivity index (χ0v) is 12.1. The predicted octanol–water partition coefficient (Wildman–Crippen LogP) is 3.34. The van der Waals surface area contributed by atoms with Crippen LogP contribution in [-0.4, -0.2) is 17.0 Å². The second-order valence-corrected chi connectivity index (χ2v) is 4.97. The van der Waals surface area contributed by atoms with Gasteiger partial charge < -0.3 is 14.8 Å². The maximum atomic E-state index is 12.2. The fourth-order valence-corrected chi connectivity index (χ4v) is 2.08. The largest absolute Gasteiger partial charge is 0.481 e. The summed E-state index contributed by atoms with van der Waals surface area (Å²) in [6.45, 7) is 5.11. The third-order valence-electron chi connectivity index (χ3n) is 3.30. The first-order chi connectivity index (χ1) is 9.88. The summed E-state index contributed by atoms with van der Waals surface area (Å²) >= 11 is 0. The molecule has 1 heterocycles. The van der Waals surface area contributed by atoms with Gasteiger partial charge in [-0.15, -0.1) is 0 Å². The summed E-state index contributed by atoms with van der Waals surface area (Å²) in [7, 11) is 0. The average Bonchev–Trinajstić information content (AvgIpc) is 2.77. The van der Waals surface area contributed by atoms with Crippen molar-refractivity contribution in [2.75, 3.05) is 5.32 Å². The Bertz CT molecular complexity index is 687. The highest BCUT2D eigenvalue weighted by atomic mass is 16.4. The van der Waals surface area contributed by atoms with Gasteiger partial charge in [-0.25, -0.2) is 0 Å². The number of furan rings is 1. The number of carbonyl (C=O) groups excluding carboxylic acids is 1. The van der Waals surface area contributed by atoms with Gasteiger partial charge in [-0.1, -0.05) is 12.1 Å². The zero-order valence-electron chi connectivity index (χ0n) is 12.1. The maximum absolute atomic E-state index is 12.2. The summed E-state index contributed by atoms with van der Waals surface area (Å²) < 4.78 is 5.33. The van der Waals surface area contributed by atoms with Gasteiger partial charge in [-0.2, -0.15) is 0 Å². The van der Waals surface area contributed by atoms with Gasteiger partial charge in [0, 0.05) is 5.69 Å². The standard InChI is InChI=1S/C16H17NO4/c1-9-7-14(11(3)21-9)15(18)17-13-6-4-5-12(8-13)10(2)16(19)20/h4-8,10H,1-3H3,(H,17,18)(H,19,20). The molecule has 1 amide bonds. The van der Waals surface area contributed by atoms with Crippen molar-refractivity contribution in [1.82, 2.24) is 0 Å². The van der Waals surface area contributed by atoms with Gasteiger partial charge in [0.1, 0.15) is 11.5 Å². The molecule has 0 spiro atoms. The fraction of sp³-hybridized carbons (Fsp3) is 0.250. The molecule has 1 atom stereocenters. The van der Waals surface area contributed by atoms with Crippen molar-refractivity contribution in [2.45, 2.75) is 26.7 Å². The molecule has 21 heavy (non-hydrogen) atoms. The van der Waals surface area contributed by atoms with Gasteiger partial charge in [0.2, 0.25) is 0 Å². The van der Waals surface area contributed by atoms with Crippen LogP contribution in [0, 0.1) is 13.8 Å². The number of anilines is 1. The van der Waals surface area contributed by atoms with Crippen LogP contribution >= 0.6 is 0 Å². The van der Waals surface area contributed by atoms with E-state index in [1.165, 1.54) is 0 Å². The summed E-state index contributed by atoms with van der Waals surface area (Å²) in [4.78, 5) is 23.2. The minimum absolute atomic E-state index is 0.274. The summed E-state index contributed by atoms with van der Waals surface area (Å²) in [5, 5.41) is 11.8. The number of carbonyl (C=O) groups is 2. The molecule has 5 heteroatoms. The van der Waals surface area contributed by atoms with E-state index in [2.05, 4.69) is 5.32 Å². The number of hydrogen-bond donors (Lipinski definition) is 2. The molecule has 2 rings (SSSR count). The van der Waals surface area contributed by atoms with Crippen LogP contribution in [0.2, 0.25) is 0 Å². The van der Waals surface area contributed by atoms with Crippen LogP contribution < -0.4 is 5.32 Å². The van der Waals surface area contributed by atoms with E-state index in [1.54, 1.807) is 51.1 Å². The first-order valence-corrected chi connectivity index (χ1v) is 6.59. The smallest absolute Gasteiger partial charge is 0.310 e. The van der Waals surface area contributed by atoms with Crippen LogP contribution in [-0.2, 0) is 4.79 Å². The highest BCUT2D eigenvalue weighted by Gasteiger charge is 2.16. The van der Waals surface area contributed by atoms with Crippen LogP contribution in [0.15, 0.2) is 34.7 Å². The zero-order chi connectivity index (χ0) is 15.6. The van der Waals surface area contributed by atoms with Crippen LogP contribution in [0.4, 0.5) is 5.69 Å². The average molecular weight is 287 g/mol. The molecule has 5 nitrogen and oxygen atoms in total. The second-order valence-electron chi connectivity index (χ2n) is 4.97. The van der Waals surface area contributed by atoms with E-state index in [1.807, 2.05) is 0 Å². The molecule has 0 aliphatic heterocycles. The number of carboxylic acids is 1. The molecule has 0 fully saturated rings. The number of amides is 1. The summed E-state index contributed by atoms with van der Waals surface area (Å²) in [6.07, 6.45) is 0. The lowest BCUT2D eigenvalue weighted by Gasteiger charge is -2.09. The van der Waals surface area contributed by atoms with Gasteiger partial charge in [0.25, 0.3) is 5.91 Å². The SMILES string of the molecule is Cc1cc(C(=O)Nc2cccc(C(C)C(=O)O)c2)c(C)o1. The van der Waals surface area contributed by atoms with Gasteiger partial charge in [0.15, 0.2) is 0 Å². The summed E-state index contributed by atoms with van der Waals surface area (Å²) in [5.41, 5.74) is 1.67. The highest BCUT2D eigenvalue weighted by molar-refractivity contribution is 6.05. The lowest BCUT2D eigenvalue weighted by molar-refractivity contribution is -0.138. The Morgan fingerprint density at radius 3 is 2.52 bits per heavy atom. The highest BCUT2D eigenvalue weighted by Crippen LogP contribution is 2.21. The van der Waals surface area contributed by atoms with Crippen molar-refractivity contribution < 1.29 is 19.1 Å². The lowest BCUT2D eigenvalue weighted by atomic mass is 10.0. The van der Waals surface area contributed by atoms with Gasteiger partial charge >= 0.3 is 5.97 Å². The topological polar surface area (TPSA) is 79.5 Å². The number of nitrogens with one attached hydrogen (secondary N) is 1. The van der Waals surface area contributed by atoms with Crippen molar-refractivity contribution >= 4 is 17.6 Å². The molecule has 2 aromatic rings. The lowest BCUT2D eigenvalue weighted by Crippen LogP contribution is -2.13. The minimum atomic E-state index is -0.903. The molecule has 0 bridgehead atoms. The van der Waals surface area contributed by atoms with Crippen LogP contribution in [0.25, 0.3) is 0 Å². The van der Waals surface area contributed by atoms with E-state index in [9.17, 15) is 9.59 Å². The molecule has 0 aliphatic rings. The molecule has 0 radical (unpaired) electrons. The normalized spacial score (nSPS) is 12.0. The fourth-order valence-electron chi connectivity index (χ4n) is 2.08. The van der Waals surface area contributed by atoms with Crippen LogP contribution in [0.5, 0.6) is 0 Å². The van der Waals surface area contributed by atoms with E-state index in [0.717, 1.165) is 0 Å². The van der Waals surface area contributed by atoms with Crippen LogP contribution in [0.3, 0.4) is 0 Å². The predicted molar refractivity (Wildman–Crippen MR) is 78.6 cm³/mol. The molecular formula is C16H17NO4. The molecule has 110 valence electrons. The number of hydrogen-bond acceptors (Lipinski definition) is 3. The van der Waals surface area contributed by atoms with Crippen molar-refractivity contribution in [1.29, 1.82) is 0 Å². The van der Waals surface area contributed by atoms with E-state index >= 15 is 0 Å². The van der Waals surface area contributed by atoms with E-state index in [0.29, 0.717) is 28.3 Å². The van der Waals surface area contributed by atoms with Gasteiger partial charge in [-0.05, 0) is 44.5 Å². The quantitative estimate of drug-likeness (QED) is 0.903. The van der Waals surface area contributed by atoms with Crippen molar-refractivity contribution in [2.24, 2.45) is 0 Å². The van der Waals surface area contributed by atoms with Crippen molar-refractivity contribution in [3.05, 3.63) is 53.0 Å². The Morgan fingerprint density at radius 1 is 1.24 bits per heavy atom. The molecule has 1 aromatic heterocycles. The van der Waals surface area contributed by atoms with Crippen molar-refractivity contribution in [3.8, 4) is 0 Å². The molecule has 0 saturated heterocycles.